The van der Waals surface area contributed by atoms with Crippen LogP contribution in [0.1, 0.15) is 21.3 Å². The molecule has 0 bridgehead atoms. The first-order valence-corrected chi connectivity index (χ1v) is 6.08. The molecule has 0 spiro atoms. The Hall–Kier alpha value is -2.20. The second kappa shape index (κ2) is 4.98. The number of thiazole rings is 1. The van der Waals surface area contributed by atoms with E-state index in [9.17, 15) is 4.79 Å². The van der Waals surface area contributed by atoms with E-state index < -0.39 is 0 Å². The average Bonchev–Trinajstić information content (AvgIpc) is 2.86. The number of H-pyrrole nitrogens is 1. The molecule has 2 aromatic heterocycles. The first-order valence-electron chi connectivity index (χ1n) is 5.26. The maximum Gasteiger partial charge on any atom is 0.230 e. The number of anilines is 1. The zero-order valence-corrected chi connectivity index (χ0v) is 10.8. The molecule has 7 heteroatoms. The lowest BCUT2D eigenvalue weighted by Crippen LogP contribution is -2.15. The van der Waals surface area contributed by atoms with Gasteiger partial charge in [-0.05, 0) is 13.8 Å². The number of nitrogens with one attached hydrogen (secondary N) is 2. The van der Waals surface area contributed by atoms with E-state index in [1.54, 1.807) is 11.3 Å². The van der Waals surface area contributed by atoms with E-state index in [1.807, 2.05) is 19.9 Å². The van der Waals surface area contributed by atoms with Gasteiger partial charge in [-0.2, -0.15) is 10.4 Å². The van der Waals surface area contributed by atoms with E-state index in [0.717, 1.165) is 15.6 Å². The summed E-state index contributed by atoms with van der Waals surface area (Å²) in [5.74, 6) is -0.207. The molecule has 0 radical (unpaired) electrons. The van der Waals surface area contributed by atoms with E-state index in [2.05, 4.69) is 20.5 Å². The fourth-order valence-electron chi connectivity index (χ4n) is 1.55. The van der Waals surface area contributed by atoms with Crippen LogP contribution in [0.15, 0.2) is 6.20 Å². The van der Waals surface area contributed by atoms with Gasteiger partial charge < -0.3 is 5.32 Å². The number of carbonyl (C=O) groups is 1. The second-order valence-electron chi connectivity index (χ2n) is 3.73. The van der Waals surface area contributed by atoms with Gasteiger partial charge in [-0.15, -0.1) is 11.3 Å². The van der Waals surface area contributed by atoms with Gasteiger partial charge in [0.1, 0.15) is 6.07 Å². The van der Waals surface area contributed by atoms with Crippen molar-refractivity contribution < 1.29 is 4.79 Å². The summed E-state index contributed by atoms with van der Waals surface area (Å²) in [7, 11) is 0. The van der Waals surface area contributed by atoms with Crippen LogP contribution >= 0.6 is 11.3 Å². The van der Waals surface area contributed by atoms with Crippen molar-refractivity contribution in [2.75, 3.05) is 5.32 Å². The van der Waals surface area contributed by atoms with Gasteiger partial charge in [-0.25, -0.2) is 4.98 Å². The van der Waals surface area contributed by atoms with Gasteiger partial charge in [0.15, 0.2) is 5.69 Å². The Labute approximate surface area is 108 Å². The van der Waals surface area contributed by atoms with Crippen molar-refractivity contribution in [3.05, 3.63) is 27.5 Å². The van der Waals surface area contributed by atoms with E-state index in [-0.39, 0.29) is 18.0 Å². The van der Waals surface area contributed by atoms with Crippen LogP contribution in [0.5, 0.6) is 0 Å². The van der Waals surface area contributed by atoms with Gasteiger partial charge >= 0.3 is 0 Å². The van der Waals surface area contributed by atoms with Crippen LogP contribution in [-0.2, 0) is 11.2 Å². The monoisotopic (exact) mass is 261 g/mol. The number of rotatable bonds is 3. The Morgan fingerprint density at radius 2 is 2.39 bits per heavy atom. The summed E-state index contributed by atoms with van der Waals surface area (Å²) >= 11 is 1.56. The molecule has 0 aromatic carbocycles. The minimum Gasteiger partial charge on any atom is -0.322 e. The van der Waals surface area contributed by atoms with Gasteiger partial charge in [-0.3, -0.25) is 9.89 Å². The van der Waals surface area contributed by atoms with Crippen LogP contribution in [0.2, 0.25) is 0 Å². The number of hydrogen-bond acceptors (Lipinski definition) is 5. The predicted molar refractivity (Wildman–Crippen MR) is 67.2 cm³/mol. The van der Waals surface area contributed by atoms with E-state index in [4.69, 9.17) is 5.26 Å². The highest BCUT2D eigenvalue weighted by molar-refractivity contribution is 7.11. The van der Waals surface area contributed by atoms with E-state index in [0.29, 0.717) is 5.69 Å². The molecule has 2 heterocycles. The van der Waals surface area contributed by atoms with Crippen molar-refractivity contribution in [2.24, 2.45) is 0 Å². The lowest BCUT2D eigenvalue weighted by molar-refractivity contribution is -0.115. The van der Waals surface area contributed by atoms with Crippen molar-refractivity contribution >= 4 is 22.9 Å². The molecule has 0 unspecified atom stereocenters. The van der Waals surface area contributed by atoms with E-state index >= 15 is 0 Å². The first-order chi connectivity index (χ1) is 8.60. The summed E-state index contributed by atoms with van der Waals surface area (Å²) in [5, 5.41) is 18.6. The average molecular weight is 261 g/mol. The van der Waals surface area contributed by atoms with Gasteiger partial charge in [0.05, 0.1) is 29.0 Å². The van der Waals surface area contributed by atoms with E-state index in [1.165, 1.54) is 6.20 Å². The summed E-state index contributed by atoms with van der Waals surface area (Å²) in [5.41, 5.74) is 1.42. The number of hydrogen-bond donors (Lipinski definition) is 2. The lowest BCUT2D eigenvalue weighted by Gasteiger charge is -2.01. The summed E-state index contributed by atoms with van der Waals surface area (Å²) in [6.45, 7) is 3.84. The number of nitriles is 1. The number of nitrogens with zero attached hydrogens (tertiary/aromatic N) is 3. The highest BCUT2D eigenvalue weighted by Gasteiger charge is 2.12. The second-order valence-corrected chi connectivity index (χ2v) is 5.14. The van der Waals surface area contributed by atoms with Crippen molar-refractivity contribution in [1.29, 1.82) is 5.26 Å². The molecule has 2 N–H and O–H groups in total. The van der Waals surface area contributed by atoms with Crippen molar-refractivity contribution in [2.45, 2.75) is 20.3 Å². The Morgan fingerprint density at radius 3 is 3.00 bits per heavy atom. The molecule has 18 heavy (non-hydrogen) atoms. The Morgan fingerprint density at radius 1 is 1.61 bits per heavy atom. The summed E-state index contributed by atoms with van der Waals surface area (Å²) in [6, 6.07) is 1.91. The Bertz CT molecular complexity index is 622. The summed E-state index contributed by atoms with van der Waals surface area (Å²) in [6.07, 6.45) is 1.61. The van der Waals surface area contributed by atoms with Crippen LogP contribution < -0.4 is 5.32 Å². The fraction of sp³-hybridized carbons (Fsp3) is 0.273. The van der Waals surface area contributed by atoms with Gasteiger partial charge in [0, 0.05) is 4.88 Å². The number of aryl methyl sites for hydroxylation is 2. The number of aromatic nitrogens is 3. The third kappa shape index (κ3) is 2.55. The maximum atomic E-state index is 11.8. The van der Waals surface area contributed by atoms with Crippen LogP contribution in [0.25, 0.3) is 0 Å². The highest BCUT2D eigenvalue weighted by Crippen LogP contribution is 2.17. The molecule has 0 aliphatic carbocycles. The number of amides is 1. The quantitative estimate of drug-likeness (QED) is 0.876. The minimum atomic E-state index is -0.207. The molecule has 2 rings (SSSR count). The molecule has 0 aliphatic heterocycles. The van der Waals surface area contributed by atoms with Crippen molar-refractivity contribution in [3.63, 3.8) is 0 Å². The predicted octanol–water partition coefficient (Wildman–Crippen LogP) is 1.54. The highest BCUT2D eigenvalue weighted by atomic mass is 32.1. The van der Waals surface area contributed by atoms with Crippen LogP contribution in [0, 0.1) is 25.2 Å². The molecule has 92 valence electrons. The smallest absolute Gasteiger partial charge is 0.230 e. The third-order valence-electron chi connectivity index (χ3n) is 2.35. The fourth-order valence-corrected chi connectivity index (χ4v) is 2.38. The zero-order chi connectivity index (χ0) is 13.1. The molecule has 0 saturated carbocycles. The first kappa shape index (κ1) is 12.3. The van der Waals surface area contributed by atoms with Crippen LogP contribution in [0.4, 0.5) is 5.69 Å². The number of aromatic amines is 1. The molecule has 0 aliphatic rings. The molecule has 1 amide bonds. The Balaban J connectivity index is 2.06. The normalized spacial score (nSPS) is 10.1. The van der Waals surface area contributed by atoms with Gasteiger partial charge in [0.25, 0.3) is 0 Å². The molecule has 0 saturated heterocycles. The summed E-state index contributed by atoms with van der Waals surface area (Å²) < 4.78 is 0. The topological polar surface area (TPSA) is 94.5 Å². The number of carbonyl (C=O) groups excluding carboxylic acids is 1. The zero-order valence-electron chi connectivity index (χ0n) is 9.94. The Kier molecular flexibility index (Phi) is 3.39. The standard InChI is InChI=1S/C11H11N5OS/c1-6-8(14-7(2)18-6)3-11(17)15-10-5-13-16-9(10)4-12/h5H,3H2,1-2H3,(H,13,16)(H,15,17). The van der Waals surface area contributed by atoms with Gasteiger partial charge in [0.2, 0.25) is 5.91 Å². The van der Waals surface area contributed by atoms with Crippen LogP contribution in [-0.4, -0.2) is 21.1 Å². The van der Waals surface area contributed by atoms with Crippen molar-refractivity contribution in [1.82, 2.24) is 15.2 Å². The maximum absolute atomic E-state index is 11.8. The molecular weight excluding hydrogens is 250 g/mol. The molecule has 0 fully saturated rings. The van der Waals surface area contributed by atoms with Crippen LogP contribution in [0.3, 0.4) is 0 Å². The molecular formula is C11H11N5OS. The lowest BCUT2D eigenvalue weighted by atomic mass is 10.2. The largest absolute Gasteiger partial charge is 0.322 e. The van der Waals surface area contributed by atoms with Crippen molar-refractivity contribution in [3.8, 4) is 6.07 Å². The molecule has 6 nitrogen and oxygen atoms in total. The van der Waals surface area contributed by atoms with Gasteiger partial charge in [-0.1, -0.05) is 0 Å². The SMILES string of the molecule is Cc1nc(CC(=O)Nc2cn[nH]c2C#N)c(C)s1. The molecule has 2 aromatic rings. The summed E-state index contributed by atoms with van der Waals surface area (Å²) in [4.78, 5) is 17.1. The molecule has 0 atom stereocenters. The minimum absolute atomic E-state index is 0.201. The third-order valence-corrected chi connectivity index (χ3v) is 3.28.